The fraction of sp³-hybridized carbons (Fsp3) is 0.167. The molecule has 1 aliphatic rings. The SMILES string of the molecule is Cc1ccc(C)c(OCCN2C(=O)S/C(=C\c3ccc(-c4cccc([N+](=O)[O-])c4)o3)C2=O)c1. The molecule has 2 heterocycles. The molecular weight excluding hydrogens is 444 g/mol. The molecule has 2 amide bonds. The molecule has 0 saturated carbocycles. The van der Waals surface area contributed by atoms with E-state index in [1.807, 2.05) is 32.0 Å². The van der Waals surface area contributed by atoms with Crippen molar-refractivity contribution in [3.63, 3.8) is 0 Å². The van der Waals surface area contributed by atoms with Crippen molar-refractivity contribution < 1.29 is 23.7 Å². The van der Waals surface area contributed by atoms with Crippen molar-refractivity contribution in [2.75, 3.05) is 13.2 Å². The van der Waals surface area contributed by atoms with Gasteiger partial charge >= 0.3 is 0 Å². The van der Waals surface area contributed by atoms with Gasteiger partial charge < -0.3 is 9.15 Å². The topological polar surface area (TPSA) is 103 Å². The van der Waals surface area contributed by atoms with Crippen molar-refractivity contribution in [3.8, 4) is 17.1 Å². The van der Waals surface area contributed by atoms with Crippen LogP contribution in [0.15, 0.2) is 63.9 Å². The first-order chi connectivity index (χ1) is 15.8. The first kappa shape index (κ1) is 22.3. The number of rotatable bonds is 7. The summed E-state index contributed by atoms with van der Waals surface area (Å²) in [6.07, 6.45) is 1.50. The van der Waals surface area contributed by atoms with Gasteiger partial charge in [-0.25, -0.2) is 0 Å². The highest BCUT2D eigenvalue weighted by Crippen LogP contribution is 2.33. The Labute approximate surface area is 194 Å². The van der Waals surface area contributed by atoms with E-state index < -0.39 is 10.8 Å². The Morgan fingerprint density at radius 3 is 2.73 bits per heavy atom. The summed E-state index contributed by atoms with van der Waals surface area (Å²) in [6.45, 7) is 4.22. The Morgan fingerprint density at radius 1 is 1.12 bits per heavy atom. The van der Waals surface area contributed by atoms with E-state index in [1.54, 1.807) is 24.3 Å². The third-order valence-electron chi connectivity index (χ3n) is 5.03. The second kappa shape index (κ2) is 9.33. The number of benzene rings is 2. The molecule has 1 aliphatic heterocycles. The molecule has 0 aliphatic carbocycles. The van der Waals surface area contributed by atoms with E-state index in [0.29, 0.717) is 17.1 Å². The van der Waals surface area contributed by atoms with Crippen LogP contribution in [0.1, 0.15) is 16.9 Å². The van der Waals surface area contributed by atoms with E-state index >= 15 is 0 Å². The van der Waals surface area contributed by atoms with E-state index in [4.69, 9.17) is 9.15 Å². The number of carbonyl (C=O) groups is 2. The summed E-state index contributed by atoms with van der Waals surface area (Å²) in [5.74, 6) is 1.10. The first-order valence-electron chi connectivity index (χ1n) is 10.1. The number of nitrogens with zero attached hydrogens (tertiary/aromatic N) is 2. The fourth-order valence-electron chi connectivity index (χ4n) is 3.29. The predicted molar refractivity (Wildman–Crippen MR) is 125 cm³/mol. The minimum atomic E-state index is -0.479. The number of carbonyl (C=O) groups excluding carboxylic acids is 2. The zero-order chi connectivity index (χ0) is 23.5. The Kier molecular flexibility index (Phi) is 6.32. The first-order valence-corrected chi connectivity index (χ1v) is 10.9. The highest BCUT2D eigenvalue weighted by atomic mass is 32.2. The van der Waals surface area contributed by atoms with Crippen LogP contribution in [0.5, 0.6) is 5.75 Å². The third kappa shape index (κ3) is 4.98. The molecule has 33 heavy (non-hydrogen) atoms. The van der Waals surface area contributed by atoms with Crippen LogP contribution in [0.25, 0.3) is 17.4 Å². The molecule has 9 heteroatoms. The maximum atomic E-state index is 12.7. The Balaban J connectivity index is 1.43. The highest BCUT2D eigenvalue weighted by Gasteiger charge is 2.35. The molecule has 0 N–H and O–H groups in total. The molecule has 1 saturated heterocycles. The van der Waals surface area contributed by atoms with Gasteiger partial charge in [-0.3, -0.25) is 24.6 Å². The van der Waals surface area contributed by atoms with Gasteiger partial charge in [0.1, 0.15) is 23.9 Å². The number of ether oxygens (including phenoxy) is 1. The maximum absolute atomic E-state index is 12.7. The lowest BCUT2D eigenvalue weighted by Crippen LogP contribution is -2.32. The summed E-state index contributed by atoms with van der Waals surface area (Å²) in [6, 6.07) is 15.2. The molecule has 0 radical (unpaired) electrons. The summed E-state index contributed by atoms with van der Waals surface area (Å²) in [4.78, 5) is 37.0. The summed E-state index contributed by atoms with van der Waals surface area (Å²) < 4.78 is 11.5. The van der Waals surface area contributed by atoms with Crippen molar-refractivity contribution in [1.29, 1.82) is 0 Å². The molecule has 4 rings (SSSR count). The van der Waals surface area contributed by atoms with Crippen LogP contribution in [0, 0.1) is 24.0 Å². The fourth-order valence-corrected chi connectivity index (χ4v) is 4.14. The lowest BCUT2D eigenvalue weighted by Gasteiger charge is -2.14. The van der Waals surface area contributed by atoms with Gasteiger partial charge in [-0.15, -0.1) is 0 Å². The Bertz CT molecular complexity index is 1280. The molecule has 1 fully saturated rings. The molecular formula is C24H20N2O6S. The van der Waals surface area contributed by atoms with Gasteiger partial charge in [-0.1, -0.05) is 24.3 Å². The second-order valence-corrected chi connectivity index (χ2v) is 8.45. The molecule has 0 spiro atoms. The smallest absolute Gasteiger partial charge is 0.293 e. The summed E-state index contributed by atoms with van der Waals surface area (Å²) >= 11 is 0.834. The van der Waals surface area contributed by atoms with E-state index in [1.165, 1.54) is 18.2 Å². The molecule has 0 unspecified atom stereocenters. The third-order valence-corrected chi connectivity index (χ3v) is 5.94. The summed E-state index contributed by atoms with van der Waals surface area (Å²) in [7, 11) is 0. The number of non-ortho nitro benzene ring substituents is 1. The largest absolute Gasteiger partial charge is 0.491 e. The minimum Gasteiger partial charge on any atom is -0.491 e. The van der Waals surface area contributed by atoms with Crippen molar-refractivity contribution in [2.45, 2.75) is 13.8 Å². The van der Waals surface area contributed by atoms with Gasteiger partial charge in [0, 0.05) is 23.8 Å². The molecule has 8 nitrogen and oxygen atoms in total. The number of nitro groups is 1. The molecule has 2 aromatic carbocycles. The highest BCUT2D eigenvalue weighted by molar-refractivity contribution is 8.18. The Hall–Kier alpha value is -3.85. The number of furan rings is 1. The van der Waals surface area contributed by atoms with Gasteiger partial charge in [0.15, 0.2) is 0 Å². The molecule has 0 atom stereocenters. The molecule has 1 aromatic heterocycles. The minimum absolute atomic E-state index is 0.0466. The van der Waals surface area contributed by atoms with Gasteiger partial charge in [-0.05, 0) is 54.9 Å². The van der Waals surface area contributed by atoms with E-state index in [-0.39, 0.29) is 29.0 Å². The van der Waals surface area contributed by atoms with Crippen molar-refractivity contribution >= 4 is 34.7 Å². The number of amides is 2. The van der Waals surface area contributed by atoms with Gasteiger partial charge in [0.2, 0.25) is 0 Å². The van der Waals surface area contributed by atoms with E-state index in [2.05, 4.69) is 0 Å². The number of thioether (sulfide) groups is 1. The number of aryl methyl sites for hydroxylation is 2. The van der Waals surface area contributed by atoms with Crippen LogP contribution < -0.4 is 4.74 Å². The van der Waals surface area contributed by atoms with Crippen molar-refractivity contribution in [3.05, 3.63) is 86.5 Å². The van der Waals surface area contributed by atoms with Gasteiger partial charge in [0.25, 0.3) is 16.8 Å². The average molecular weight is 464 g/mol. The second-order valence-electron chi connectivity index (χ2n) is 7.46. The van der Waals surface area contributed by atoms with E-state index in [0.717, 1.165) is 33.5 Å². The van der Waals surface area contributed by atoms with Crippen LogP contribution in [0.4, 0.5) is 10.5 Å². The summed E-state index contributed by atoms with van der Waals surface area (Å²) in [5, 5.41) is 10.6. The zero-order valence-electron chi connectivity index (χ0n) is 17.9. The monoisotopic (exact) mass is 464 g/mol. The van der Waals surface area contributed by atoms with Crippen molar-refractivity contribution in [1.82, 2.24) is 4.90 Å². The standard InChI is InChI=1S/C24H20N2O6S/c1-15-6-7-16(2)21(12-15)31-11-10-25-23(27)22(33-24(25)28)14-19-8-9-20(32-19)17-4-3-5-18(13-17)26(29)30/h3-9,12-14H,10-11H2,1-2H3/b22-14-. The lowest BCUT2D eigenvalue weighted by atomic mass is 10.1. The van der Waals surface area contributed by atoms with Crippen LogP contribution in [-0.4, -0.2) is 34.1 Å². The zero-order valence-corrected chi connectivity index (χ0v) is 18.8. The lowest BCUT2D eigenvalue weighted by molar-refractivity contribution is -0.384. The predicted octanol–water partition coefficient (Wildman–Crippen LogP) is 5.59. The quantitative estimate of drug-likeness (QED) is 0.255. The molecule has 0 bridgehead atoms. The summed E-state index contributed by atoms with van der Waals surface area (Å²) in [5.41, 5.74) is 2.54. The normalized spacial score (nSPS) is 14.8. The molecule has 168 valence electrons. The number of hydrogen-bond acceptors (Lipinski definition) is 7. The van der Waals surface area contributed by atoms with Crippen LogP contribution in [0.2, 0.25) is 0 Å². The van der Waals surface area contributed by atoms with Crippen LogP contribution in [-0.2, 0) is 4.79 Å². The number of nitro benzene ring substituents is 1. The Morgan fingerprint density at radius 2 is 1.94 bits per heavy atom. The number of hydrogen-bond donors (Lipinski definition) is 0. The van der Waals surface area contributed by atoms with Gasteiger partial charge in [-0.2, -0.15) is 0 Å². The van der Waals surface area contributed by atoms with Crippen LogP contribution in [0.3, 0.4) is 0 Å². The number of imide groups is 1. The van der Waals surface area contributed by atoms with Gasteiger partial charge in [0.05, 0.1) is 16.4 Å². The van der Waals surface area contributed by atoms with Crippen LogP contribution >= 0.6 is 11.8 Å². The average Bonchev–Trinajstić information content (AvgIpc) is 3.36. The van der Waals surface area contributed by atoms with Crippen molar-refractivity contribution in [2.24, 2.45) is 0 Å². The maximum Gasteiger partial charge on any atom is 0.293 e. The van der Waals surface area contributed by atoms with E-state index in [9.17, 15) is 19.7 Å². The molecule has 3 aromatic rings.